The number of aliphatic carboxylic acids is 1. The Hall–Kier alpha value is -0.610. The highest BCUT2D eigenvalue weighted by atomic mass is 16.7. The number of hydroxylamine groups is 1. The molecule has 0 unspecified atom stereocenters. The van der Waals surface area contributed by atoms with Gasteiger partial charge in [-0.1, -0.05) is 0 Å². The Labute approximate surface area is 53.8 Å². The number of carboxylic acids is 1. The van der Waals surface area contributed by atoms with Crippen molar-refractivity contribution in [2.75, 3.05) is 6.61 Å². The topological polar surface area (TPSA) is 61.4 Å². The van der Waals surface area contributed by atoms with Gasteiger partial charge in [-0.2, -0.15) is 5.48 Å². The molecule has 0 amide bonds. The second kappa shape index (κ2) is 4.29. The van der Waals surface area contributed by atoms with E-state index in [-0.39, 0.29) is 6.04 Å². The molecule has 0 spiro atoms. The van der Waals surface area contributed by atoms with E-state index in [1.54, 1.807) is 0 Å². The van der Waals surface area contributed by atoms with Crippen LogP contribution in [0.3, 0.4) is 0 Å². The maximum absolute atomic E-state index is 9.70. The second-order valence-corrected chi connectivity index (χ2v) is 1.93. The molecule has 0 aliphatic rings. The molecule has 4 nitrogen and oxygen atoms in total. The van der Waals surface area contributed by atoms with Gasteiger partial charge in [0.1, 0.15) is 6.61 Å². The third kappa shape index (κ3) is 7.39. The van der Waals surface area contributed by atoms with Crippen LogP contribution in [0.15, 0.2) is 0 Å². The minimum atomic E-state index is -1.22. The number of carbonyl (C=O) groups excluding carboxylic acids is 1. The van der Waals surface area contributed by atoms with E-state index in [4.69, 9.17) is 0 Å². The van der Waals surface area contributed by atoms with Gasteiger partial charge in [-0.3, -0.25) is 4.84 Å². The maximum atomic E-state index is 9.70. The molecule has 0 aromatic heterocycles. The lowest BCUT2D eigenvalue weighted by Crippen LogP contribution is -2.33. The van der Waals surface area contributed by atoms with Crippen LogP contribution in [0.2, 0.25) is 0 Å². The number of hydrogen-bond donors (Lipinski definition) is 1. The van der Waals surface area contributed by atoms with Crippen LogP contribution in [-0.4, -0.2) is 18.6 Å². The molecular weight excluding hydrogens is 122 g/mol. The molecule has 0 fully saturated rings. The first kappa shape index (κ1) is 8.39. The molecule has 0 atom stereocenters. The highest BCUT2D eigenvalue weighted by molar-refractivity contribution is 5.65. The van der Waals surface area contributed by atoms with Crippen LogP contribution in [0.5, 0.6) is 0 Å². The van der Waals surface area contributed by atoms with Crippen LogP contribution in [-0.2, 0) is 9.63 Å². The second-order valence-electron chi connectivity index (χ2n) is 1.93. The number of carboxylic acid groups (broad SMARTS) is 1. The van der Waals surface area contributed by atoms with Crippen LogP contribution in [0, 0.1) is 0 Å². The number of hydrogen-bond acceptors (Lipinski definition) is 4. The average Bonchev–Trinajstić information content (AvgIpc) is 1.63. The zero-order valence-electron chi connectivity index (χ0n) is 5.51. The zero-order valence-corrected chi connectivity index (χ0v) is 5.51. The normalized spacial score (nSPS) is 10.1. The Bertz CT molecular complexity index is 92.2. The average molecular weight is 132 g/mol. The summed E-state index contributed by atoms with van der Waals surface area (Å²) in [5.41, 5.74) is 2.46. The number of nitrogens with one attached hydrogen (secondary N) is 1. The van der Waals surface area contributed by atoms with Crippen LogP contribution < -0.4 is 10.6 Å². The molecule has 0 heterocycles. The van der Waals surface area contributed by atoms with E-state index in [9.17, 15) is 9.90 Å². The van der Waals surface area contributed by atoms with Crippen molar-refractivity contribution < 1.29 is 14.7 Å². The van der Waals surface area contributed by atoms with E-state index in [0.29, 0.717) is 0 Å². The van der Waals surface area contributed by atoms with Gasteiger partial charge < -0.3 is 9.90 Å². The highest BCUT2D eigenvalue weighted by Crippen LogP contribution is 1.74. The highest BCUT2D eigenvalue weighted by Gasteiger charge is 1.89. The van der Waals surface area contributed by atoms with Gasteiger partial charge in [0.05, 0.1) is 5.97 Å². The monoisotopic (exact) mass is 132 g/mol. The van der Waals surface area contributed by atoms with E-state index in [2.05, 4.69) is 10.3 Å². The lowest BCUT2D eigenvalue weighted by Gasteiger charge is -2.07. The Morgan fingerprint density at radius 3 is 2.67 bits per heavy atom. The van der Waals surface area contributed by atoms with Gasteiger partial charge in [0.15, 0.2) is 0 Å². The molecule has 1 N–H and O–H groups in total. The first-order valence-corrected chi connectivity index (χ1v) is 2.70. The summed E-state index contributed by atoms with van der Waals surface area (Å²) in [4.78, 5) is 14.1. The smallest absolute Gasteiger partial charge is 0.108 e. The van der Waals surface area contributed by atoms with Crippen LogP contribution in [0.1, 0.15) is 13.8 Å². The van der Waals surface area contributed by atoms with Gasteiger partial charge >= 0.3 is 0 Å². The van der Waals surface area contributed by atoms with Crippen molar-refractivity contribution in [1.82, 2.24) is 5.48 Å². The fraction of sp³-hybridized carbons (Fsp3) is 0.800. The lowest BCUT2D eigenvalue weighted by molar-refractivity contribution is -0.311. The quantitative estimate of drug-likeness (QED) is 0.481. The van der Waals surface area contributed by atoms with Gasteiger partial charge in [-0.05, 0) is 13.8 Å². The third-order valence-electron chi connectivity index (χ3n) is 0.509. The standard InChI is InChI=1S/C5H11NO3/c1-4(2)6-9-3-5(7)8/h4,6H,3H2,1-2H3,(H,7,8)/p-1. The molecule has 0 saturated carbocycles. The third-order valence-corrected chi connectivity index (χ3v) is 0.509. The maximum Gasteiger partial charge on any atom is 0.108 e. The van der Waals surface area contributed by atoms with E-state index < -0.39 is 12.6 Å². The predicted octanol–water partition coefficient (Wildman–Crippen LogP) is -1.33. The minimum absolute atomic E-state index is 0.129. The SMILES string of the molecule is CC(C)NOCC(=O)[O-]. The van der Waals surface area contributed by atoms with Crippen molar-refractivity contribution in [3.63, 3.8) is 0 Å². The van der Waals surface area contributed by atoms with Gasteiger partial charge in [0.2, 0.25) is 0 Å². The summed E-state index contributed by atoms with van der Waals surface area (Å²) in [6, 6.07) is 0.129. The van der Waals surface area contributed by atoms with Crippen molar-refractivity contribution in [2.45, 2.75) is 19.9 Å². The van der Waals surface area contributed by atoms with Crippen molar-refractivity contribution >= 4 is 5.97 Å². The summed E-state index contributed by atoms with van der Waals surface area (Å²) in [6.45, 7) is 3.28. The van der Waals surface area contributed by atoms with Crippen molar-refractivity contribution in [1.29, 1.82) is 0 Å². The van der Waals surface area contributed by atoms with Gasteiger partial charge in [0.25, 0.3) is 0 Å². The number of rotatable bonds is 4. The summed E-state index contributed by atoms with van der Waals surface area (Å²) in [5, 5.41) is 9.70. The Kier molecular flexibility index (Phi) is 4.00. The lowest BCUT2D eigenvalue weighted by atomic mass is 10.4. The molecule has 9 heavy (non-hydrogen) atoms. The van der Waals surface area contributed by atoms with Crippen molar-refractivity contribution in [2.24, 2.45) is 0 Å². The molecule has 0 aromatic carbocycles. The largest absolute Gasteiger partial charge is 0.548 e. The Morgan fingerprint density at radius 2 is 2.33 bits per heavy atom. The first-order chi connectivity index (χ1) is 4.13. The molecule has 0 aliphatic heterocycles. The predicted molar refractivity (Wildman–Crippen MR) is 29.2 cm³/mol. The number of carbonyl (C=O) groups is 1. The fourth-order valence-corrected chi connectivity index (χ4v) is 0.267. The zero-order chi connectivity index (χ0) is 7.28. The molecule has 0 bridgehead atoms. The van der Waals surface area contributed by atoms with Gasteiger partial charge in [-0.15, -0.1) is 0 Å². The molecular formula is C5H10NO3-. The molecule has 4 heteroatoms. The van der Waals surface area contributed by atoms with E-state index in [0.717, 1.165) is 0 Å². The Balaban J connectivity index is 3.01. The van der Waals surface area contributed by atoms with Crippen molar-refractivity contribution in [3.05, 3.63) is 0 Å². The molecule has 0 aromatic rings. The minimum Gasteiger partial charge on any atom is -0.548 e. The van der Waals surface area contributed by atoms with E-state index in [1.165, 1.54) is 0 Å². The molecule has 54 valence electrons. The summed E-state index contributed by atoms with van der Waals surface area (Å²) >= 11 is 0. The summed E-state index contributed by atoms with van der Waals surface area (Å²) in [7, 11) is 0. The van der Waals surface area contributed by atoms with E-state index >= 15 is 0 Å². The summed E-state index contributed by atoms with van der Waals surface area (Å²) < 4.78 is 0. The molecule has 0 saturated heterocycles. The van der Waals surface area contributed by atoms with Crippen LogP contribution >= 0.6 is 0 Å². The van der Waals surface area contributed by atoms with E-state index in [1.807, 2.05) is 13.8 Å². The Morgan fingerprint density at radius 1 is 1.78 bits per heavy atom. The van der Waals surface area contributed by atoms with Crippen molar-refractivity contribution in [3.8, 4) is 0 Å². The fourth-order valence-electron chi connectivity index (χ4n) is 0.267. The van der Waals surface area contributed by atoms with Gasteiger partial charge in [-0.25, -0.2) is 0 Å². The molecule has 0 aliphatic carbocycles. The molecule has 0 radical (unpaired) electrons. The first-order valence-electron chi connectivity index (χ1n) is 2.70. The van der Waals surface area contributed by atoms with Crippen LogP contribution in [0.25, 0.3) is 0 Å². The van der Waals surface area contributed by atoms with Crippen LogP contribution in [0.4, 0.5) is 0 Å². The molecule has 0 rings (SSSR count). The summed E-state index contributed by atoms with van der Waals surface area (Å²) in [6.07, 6.45) is 0. The summed E-state index contributed by atoms with van der Waals surface area (Å²) in [5.74, 6) is -1.22. The van der Waals surface area contributed by atoms with Gasteiger partial charge in [0, 0.05) is 6.04 Å².